The van der Waals surface area contributed by atoms with Crippen molar-refractivity contribution >= 4 is 56.4 Å². The third-order valence-electron chi connectivity index (χ3n) is 3.05. The van der Waals surface area contributed by atoms with Gasteiger partial charge in [0.25, 0.3) is 0 Å². The first-order chi connectivity index (χ1) is 12.1. The highest BCUT2D eigenvalue weighted by atomic mass is 32.1. The van der Waals surface area contributed by atoms with Crippen molar-refractivity contribution < 1.29 is 9.59 Å². The molecule has 0 spiro atoms. The van der Waals surface area contributed by atoms with Crippen LogP contribution in [0.4, 0.5) is 31.2 Å². The van der Waals surface area contributed by atoms with Gasteiger partial charge in [0.2, 0.25) is 0 Å². The molecule has 0 radical (unpaired) electrons. The number of aryl methyl sites for hydroxylation is 1. The highest BCUT2D eigenvalue weighted by molar-refractivity contribution is 7.14. The number of amides is 4. The average molecular weight is 374 g/mol. The van der Waals surface area contributed by atoms with E-state index in [1.807, 2.05) is 6.92 Å². The van der Waals surface area contributed by atoms with Crippen LogP contribution in [0.2, 0.25) is 0 Å². The second kappa shape index (κ2) is 7.73. The summed E-state index contributed by atoms with van der Waals surface area (Å²) >= 11 is 2.65. The fourth-order valence-electron chi connectivity index (χ4n) is 1.91. The third-order valence-corrected chi connectivity index (χ3v) is 4.43. The summed E-state index contributed by atoms with van der Waals surface area (Å²) in [6.45, 7) is 1.86. The summed E-state index contributed by atoms with van der Waals surface area (Å²) < 4.78 is 0. The lowest BCUT2D eigenvalue weighted by Crippen LogP contribution is -2.21. The number of urea groups is 2. The summed E-state index contributed by atoms with van der Waals surface area (Å²) in [5.41, 5.74) is 1.99. The van der Waals surface area contributed by atoms with E-state index in [-0.39, 0.29) is 0 Å². The molecule has 3 rings (SSSR count). The van der Waals surface area contributed by atoms with Crippen LogP contribution in [0.25, 0.3) is 0 Å². The Hall–Kier alpha value is -2.98. The van der Waals surface area contributed by atoms with Gasteiger partial charge in [0, 0.05) is 34.5 Å². The van der Waals surface area contributed by atoms with Crippen LogP contribution in [0.15, 0.2) is 41.4 Å². The van der Waals surface area contributed by atoms with E-state index < -0.39 is 12.1 Å². The Bertz CT molecular complexity index is 864. The summed E-state index contributed by atoms with van der Waals surface area (Å²) in [5.74, 6) is 0. The van der Waals surface area contributed by atoms with Gasteiger partial charge in [-0.15, -0.1) is 22.7 Å². The lowest BCUT2D eigenvalue weighted by molar-refractivity contribution is 0.261. The number of rotatable bonds is 4. The molecule has 4 N–H and O–H groups in total. The van der Waals surface area contributed by atoms with Gasteiger partial charge in [-0.3, -0.25) is 10.6 Å². The molecule has 3 aromatic rings. The SMILES string of the molecule is Cc1ccc(NC(=O)Nc2nccs2)cc1NC(=O)Nc1nccs1. The Morgan fingerprint density at radius 2 is 1.48 bits per heavy atom. The number of anilines is 4. The van der Waals surface area contributed by atoms with Crippen molar-refractivity contribution in [1.82, 2.24) is 9.97 Å². The van der Waals surface area contributed by atoms with Gasteiger partial charge in [-0.05, 0) is 24.6 Å². The summed E-state index contributed by atoms with van der Waals surface area (Å²) in [5, 5.41) is 15.3. The molecule has 1 aromatic carbocycles. The molecule has 0 saturated carbocycles. The number of aromatic nitrogens is 2. The monoisotopic (exact) mass is 374 g/mol. The van der Waals surface area contributed by atoms with E-state index in [1.165, 1.54) is 22.7 Å². The molecule has 0 bridgehead atoms. The van der Waals surface area contributed by atoms with Crippen molar-refractivity contribution in [3.05, 3.63) is 46.9 Å². The lowest BCUT2D eigenvalue weighted by atomic mass is 10.2. The number of thiazole rings is 2. The molecule has 0 aliphatic rings. The first-order valence-electron chi connectivity index (χ1n) is 7.16. The van der Waals surface area contributed by atoms with E-state index in [9.17, 15) is 9.59 Å². The minimum atomic E-state index is -0.406. The van der Waals surface area contributed by atoms with E-state index in [0.29, 0.717) is 21.6 Å². The molecule has 0 fully saturated rings. The number of nitrogens with zero attached hydrogens (tertiary/aromatic N) is 2. The Morgan fingerprint density at radius 1 is 0.880 bits per heavy atom. The molecule has 128 valence electrons. The average Bonchev–Trinajstić information content (AvgIpc) is 3.24. The number of hydrogen-bond acceptors (Lipinski definition) is 6. The maximum absolute atomic E-state index is 12.0. The van der Waals surface area contributed by atoms with Gasteiger partial charge in [0.1, 0.15) is 0 Å². The van der Waals surface area contributed by atoms with Crippen LogP contribution in [-0.2, 0) is 0 Å². The third kappa shape index (κ3) is 4.75. The van der Waals surface area contributed by atoms with Crippen LogP contribution in [0.3, 0.4) is 0 Å². The van der Waals surface area contributed by atoms with E-state index in [4.69, 9.17) is 0 Å². The fourth-order valence-corrected chi connectivity index (χ4v) is 2.96. The number of benzene rings is 1. The van der Waals surface area contributed by atoms with Gasteiger partial charge in [-0.2, -0.15) is 0 Å². The first kappa shape index (κ1) is 16.9. The van der Waals surface area contributed by atoms with Crippen molar-refractivity contribution in [1.29, 1.82) is 0 Å². The molecule has 25 heavy (non-hydrogen) atoms. The van der Waals surface area contributed by atoms with Crippen LogP contribution >= 0.6 is 22.7 Å². The molecule has 8 nitrogen and oxygen atoms in total. The molecule has 0 atom stereocenters. The summed E-state index contributed by atoms with van der Waals surface area (Å²) in [7, 11) is 0. The number of carbonyl (C=O) groups excluding carboxylic acids is 2. The Morgan fingerprint density at radius 3 is 2.04 bits per heavy atom. The van der Waals surface area contributed by atoms with Crippen LogP contribution in [-0.4, -0.2) is 22.0 Å². The zero-order valence-corrected chi connectivity index (χ0v) is 14.7. The molecule has 10 heteroatoms. The second-order valence-corrected chi connectivity index (χ2v) is 6.65. The Labute approximate surface area is 151 Å². The Balaban J connectivity index is 1.63. The molecule has 0 aliphatic carbocycles. The van der Waals surface area contributed by atoms with Crippen molar-refractivity contribution in [2.45, 2.75) is 6.92 Å². The lowest BCUT2D eigenvalue weighted by Gasteiger charge is -2.11. The zero-order chi connectivity index (χ0) is 17.6. The van der Waals surface area contributed by atoms with Gasteiger partial charge in [0.15, 0.2) is 10.3 Å². The van der Waals surface area contributed by atoms with Gasteiger partial charge in [0.05, 0.1) is 0 Å². The van der Waals surface area contributed by atoms with Crippen molar-refractivity contribution in [2.75, 3.05) is 21.3 Å². The summed E-state index contributed by atoms with van der Waals surface area (Å²) in [6.07, 6.45) is 3.21. The number of hydrogen-bond donors (Lipinski definition) is 4. The maximum atomic E-state index is 12.0. The molecule has 4 amide bonds. The van der Waals surface area contributed by atoms with Crippen LogP contribution < -0.4 is 21.3 Å². The highest BCUT2D eigenvalue weighted by Gasteiger charge is 2.09. The predicted molar refractivity (Wildman–Crippen MR) is 101 cm³/mol. The molecule has 0 aliphatic heterocycles. The van der Waals surface area contributed by atoms with E-state index in [1.54, 1.807) is 41.4 Å². The van der Waals surface area contributed by atoms with Crippen molar-refractivity contribution in [2.24, 2.45) is 0 Å². The molecule has 0 saturated heterocycles. The minimum absolute atomic E-state index is 0.401. The van der Waals surface area contributed by atoms with E-state index in [2.05, 4.69) is 31.2 Å². The molecule has 2 aromatic heterocycles. The van der Waals surface area contributed by atoms with Gasteiger partial charge in [-0.1, -0.05) is 6.07 Å². The van der Waals surface area contributed by atoms with Crippen molar-refractivity contribution in [3.63, 3.8) is 0 Å². The summed E-state index contributed by atoms with van der Waals surface area (Å²) in [4.78, 5) is 31.9. The normalized spacial score (nSPS) is 10.1. The largest absolute Gasteiger partial charge is 0.325 e. The quantitative estimate of drug-likeness (QED) is 0.549. The molecular weight excluding hydrogens is 360 g/mol. The Kier molecular flexibility index (Phi) is 5.21. The fraction of sp³-hybridized carbons (Fsp3) is 0.0667. The minimum Gasteiger partial charge on any atom is -0.308 e. The van der Waals surface area contributed by atoms with Gasteiger partial charge in [-0.25, -0.2) is 19.6 Å². The van der Waals surface area contributed by atoms with Crippen LogP contribution in [0.1, 0.15) is 5.56 Å². The van der Waals surface area contributed by atoms with Crippen LogP contribution in [0.5, 0.6) is 0 Å². The number of nitrogens with one attached hydrogen (secondary N) is 4. The van der Waals surface area contributed by atoms with Crippen LogP contribution in [0, 0.1) is 6.92 Å². The predicted octanol–water partition coefficient (Wildman–Crippen LogP) is 4.20. The first-order valence-corrected chi connectivity index (χ1v) is 8.92. The van der Waals surface area contributed by atoms with E-state index in [0.717, 1.165) is 5.56 Å². The second-order valence-electron chi connectivity index (χ2n) is 4.86. The highest BCUT2D eigenvalue weighted by Crippen LogP contribution is 2.21. The summed E-state index contributed by atoms with van der Waals surface area (Å²) in [6, 6.07) is 4.43. The topological polar surface area (TPSA) is 108 Å². The maximum Gasteiger partial charge on any atom is 0.325 e. The number of carbonyl (C=O) groups is 2. The van der Waals surface area contributed by atoms with E-state index >= 15 is 0 Å². The zero-order valence-electron chi connectivity index (χ0n) is 13.1. The van der Waals surface area contributed by atoms with Gasteiger partial charge < -0.3 is 10.6 Å². The molecular formula is C15H14N6O2S2. The van der Waals surface area contributed by atoms with Crippen molar-refractivity contribution in [3.8, 4) is 0 Å². The standard InChI is InChI=1S/C15H14N6O2S2/c1-9-2-3-10(18-12(22)20-14-16-4-6-24-14)8-11(9)19-13(23)21-15-17-5-7-25-15/h2-8H,1H3,(H2,16,18,20,22)(H2,17,19,21,23). The molecule has 0 unspecified atom stereocenters. The molecule has 2 heterocycles. The smallest absolute Gasteiger partial charge is 0.308 e. The van der Waals surface area contributed by atoms with Gasteiger partial charge >= 0.3 is 12.1 Å².